The number of ether oxygens (including phenoxy) is 1. The molecule has 0 spiro atoms. The van der Waals surface area contributed by atoms with Crippen molar-refractivity contribution in [1.29, 1.82) is 0 Å². The van der Waals surface area contributed by atoms with E-state index < -0.39 is 11.5 Å². The molecule has 0 saturated carbocycles. The molecule has 4 heteroatoms. The first-order valence-corrected chi connectivity index (χ1v) is 4.86. The zero-order valence-electron chi connectivity index (χ0n) is 8.92. The Morgan fingerprint density at radius 3 is 2.64 bits per heavy atom. The summed E-state index contributed by atoms with van der Waals surface area (Å²) in [6.07, 6.45) is 0.549. The topological polar surface area (TPSA) is 55.4 Å². The Hall–Kier alpha value is -0.900. The van der Waals surface area contributed by atoms with E-state index in [0.717, 1.165) is 0 Å². The minimum absolute atomic E-state index is 0.0644. The van der Waals surface area contributed by atoms with Crippen LogP contribution in [-0.4, -0.2) is 30.4 Å². The predicted octanol–water partition coefficient (Wildman–Crippen LogP) is 0.507. The molecule has 0 aromatic heterocycles. The van der Waals surface area contributed by atoms with E-state index in [-0.39, 0.29) is 18.3 Å². The normalized spacial score (nSPS) is 23.4. The second kappa shape index (κ2) is 4.09. The number of Topliss-reactive ketones (excluding diaryl/α,β-unsaturated/α-hetero) is 1. The monoisotopic (exact) mass is 199 g/mol. The summed E-state index contributed by atoms with van der Waals surface area (Å²) in [6, 6.07) is 0. The van der Waals surface area contributed by atoms with Crippen LogP contribution in [0.1, 0.15) is 27.2 Å². The third kappa shape index (κ3) is 3.10. The maximum absolute atomic E-state index is 11.6. The molecule has 1 atom stereocenters. The number of rotatable bonds is 1. The van der Waals surface area contributed by atoms with Gasteiger partial charge < -0.3 is 10.1 Å². The third-order valence-electron chi connectivity index (χ3n) is 1.99. The van der Waals surface area contributed by atoms with Crippen molar-refractivity contribution in [2.75, 3.05) is 13.1 Å². The highest BCUT2D eigenvalue weighted by molar-refractivity contribution is 6.00. The Morgan fingerprint density at radius 2 is 2.14 bits per heavy atom. The number of carbonyl (C=O) groups excluding carboxylic acids is 2. The van der Waals surface area contributed by atoms with Gasteiger partial charge in [0.1, 0.15) is 11.5 Å². The van der Waals surface area contributed by atoms with Crippen molar-refractivity contribution in [3.05, 3.63) is 0 Å². The molecule has 14 heavy (non-hydrogen) atoms. The molecule has 1 fully saturated rings. The average Bonchev–Trinajstić information content (AvgIpc) is 2.01. The minimum atomic E-state index is -0.560. The van der Waals surface area contributed by atoms with Crippen LogP contribution in [0.5, 0.6) is 0 Å². The molecule has 0 radical (unpaired) electrons. The Bertz CT molecular complexity index is 242. The number of esters is 1. The Morgan fingerprint density at radius 1 is 1.50 bits per heavy atom. The first-order chi connectivity index (χ1) is 6.40. The summed E-state index contributed by atoms with van der Waals surface area (Å²) in [4.78, 5) is 22.9. The maximum Gasteiger partial charge on any atom is 0.317 e. The van der Waals surface area contributed by atoms with Crippen LogP contribution in [-0.2, 0) is 14.3 Å². The van der Waals surface area contributed by atoms with Gasteiger partial charge in [0.25, 0.3) is 0 Å². The maximum atomic E-state index is 11.6. The Balaban J connectivity index is 2.55. The molecule has 0 aliphatic carbocycles. The molecular weight excluding hydrogens is 182 g/mol. The van der Waals surface area contributed by atoms with Gasteiger partial charge in [-0.1, -0.05) is 0 Å². The van der Waals surface area contributed by atoms with Gasteiger partial charge in [0.05, 0.1) is 6.54 Å². The van der Waals surface area contributed by atoms with Gasteiger partial charge in [-0.2, -0.15) is 0 Å². The van der Waals surface area contributed by atoms with Crippen LogP contribution >= 0.6 is 0 Å². The summed E-state index contributed by atoms with van der Waals surface area (Å²) < 4.78 is 5.16. The molecular formula is C10H17NO3. The third-order valence-corrected chi connectivity index (χ3v) is 1.99. The second-order valence-electron chi connectivity index (χ2n) is 4.52. The zero-order chi connectivity index (χ0) is 10.8. The van der Waals surface area contributed by atoms with Crippen molar-refractivity contribution in [3.8, 4) is 0 Å². The van der Waals surface area contributed by atoms with Crippen molar-refractivity contribution in [2.24, 2.45) is 5.92 Å². The van der Waals surface area contributed by atoms with E-state index in [2.05, 4.69) is 5.32 Å². The average molecular weight is 199 g/mol. The van der Waals surface area contributed by atoms with Gasteiger partial charge in [-0.15, -0.1) is 0 Å². The summed E-state index contributed by atoms with van der Waals surface area (Å²) in [5.74, 6) is -1.01. The van der Waals surface area contributed by atoms with Crippen LogP contribution in [0.3, 0.4) is 0 Å². The quantitative estimate of drug-likeness (QED) is 0.493. The van der Waals surface area contributed by atoms with Gasteiger partial charge in [0, 0.05) is 0 Å². The van der Waals surface area contributed by atoms with Crippen LogP contribution in [0.25, 0.3) is 0 Å². The lowest BCUT2D eigenvalue weighted by atomic mass is 9.96. The predicted molar refractivity (Wildman–Crippen MR) is 51.8 cm³/mol. The summed E-state index contributed by atoms with van der Waals surface area (Å²) in [6.45, 7) is 6.39. The lowest BCUT2D eigenvalue weighted by Crippen LogP contribution is -2.42. The molecule has 0 amide bonds. The van der Waals surface area contributed by atoms with Crippen molar-refractivity contribution in [2.45, 2.75) is 32.8 Å². The van der Waals surface area contributed by atoms with Crippen LogP contribution < -0.4 is 5.32 Å². The summed E-state index contributed by atoms with van der Waals surface area (Å²) in [5, 5.41) is 2.92. The van der Waals surface area contributed by atoms with E-state index in [1.165, 1.54) is 0 Å². The molecule has 1 rings (SSSR count). The molecule has 4 nitrogen and oxygen atoms in total. The smallest absolute Gasteiger partial charge is 0.317 e. The van der Waals surface area contributed by atoms with Gasteiger partial charge in [0.2, 0.25) is 0 Å². The van der Waals surface area contributed by atoms with Crippen LogP contribution in [0.2, 0.25) is 0 Å². The Kier molecular flexibility index (Phi) is 3.26. The van der Waals surface area contributed by atoms with Crippen molar-refractivity contribution in [1.82, 2.24) is 5.32 Å². The van der Waals surface area contributed by atoms with Crippen molar-refractivity contribution >= 4 is 11.8 Å². The number of ketones is 1. The number of carbonyl (C=O) groups is 2. The van der Waals surface area contributed by atoms with Gasteiger partial charge in [0.15, 0.2) is 5.78 Å². The zero-order valence-corrected chi connectivity index (χ0v) is 8.92. The van der Waals surface area contributed by atoms with E-state index >= 15 is 0 Å². The molecule has 1 aliphatic rings. The van der Waals surface area contributed by atoms with E-state index in [4.69, 9.17) is 4.74 Å². The van der Waals surface area contributed by atoms with E-state index in [9.17, 15) is 9.59 Å². The van der Waals surface area contributed by atoms with Gasteiger partial charge in [-0.3, -0.25) is 9.59 Å². The molecule has 0 aromatic rings. The van der Waals surface area contributed by atoms with E-state index in [0.29, 0.717) is 13.0 Å². The molecule has 0 bridgehead atoms. The summed E-state index contributed by atoms with van der Waals surface area (Å²) in [5.41, 5.74) is -0.512. The van der Waals surface area contributed by atoms with E-state index in [1.54, 1.807) is 20.8 Å². The van der Waals surface area contributed by atoms with Gasteiger partial charge >= 0.3 is 5.97 Å². The number of hydrogen-bond donors (Lipinski definition) is 1. The first-order valence-electron chi connectivity index (χ1n) is 4.86. The lowest BCUT2D eigenvalue weighted by molar-refractivity contribution is -0.162. The van der Waals surface area contributed by atoms with Gasteiger partial charge in [-0.05, 0) is 33.7 Å². The van der Waals surface area contributed by atoms with E-state index in [1.807, 2.05) is 0 Å². The molecule has 1 saturated heterocycles. The first kappa shape index (κ1) is 11.2. The highest BCUT2D eigenvalue weighted by Gasteiger charge is 2.32. The van der Waals surface area contributed by atoms with Crippen molar-refractivity contribution < 1.29 is 14.3 Å². The highest BCUT2D eigenvalue weighted by Crippen LogP contribution is 2.15. The SMILES string of the molecule is CC(C)(C)OC(=O)C1CCNCC1=O. The van der Waals surface area contributed by atoms with Crippen LogP contribution in [0.15, 0.2) is 0 Å². The van der Waals surface area contributed by atoms with Crippen LogP contribution in [0.4, 0.5) is 0 Å². The summed E-state index contributed by atoms with van der Waals surface area (Å²) in [7, 11) is 0. The van der Waals surface area contributed by atoms with Crippen molar-refractivity contribution in [3.63, 3.8) is 0 Å². The number of nitrogens with one attached hydrogen (secondary N) is 1. The molecule has 1 aliphatic heterocycles. The van der Waals surface area contributed by atoms with Gasteiger partial charge in [-0.25, -0.2) is 0 Å². The molecule has 0 aromatic carbocycles. The molecule has 1 unspecified atom stereocenters. The van der Waals surface area contributed by atoms with Crippen LogP contribution in [0, 0.1) is 5.92 Å². The fraction of sp³-hybridized carbons (Fsp3) is 0.800. The highest BCUT2D eigenvalue weighted by atomic mass is 16.6. The lowest BCUT2D eigenvalue weighted by Gasteiger charge is -2.25. The fourth-order valence-corrected chi connectivity index (χ4v) is 1.36. The fourth-order valence-electron chi connectivity index (χ4n) is 1.36. The largest absolute Gasteiger partial charge is 0.459 e. The number of piperidine rings is 1. The summed E-state index contributed by atoms with van der Waals surface area (Å²) >= 11 is 0. The molecule has 80 valence electrons. The molecule has 1 N–H and O–H groups in total. The number of hydrogen-bond acceptors (Lipinski definition) is 4. The second-order valence-corrected chi connectivity index (χ2v) is 4.52. The molecule has 1 heterocycles. The minimum Gasteiger partial charge on any atom is -0.459 e. The Labute approximate surface area is 84.0 Å². The standard InChI is InChI=1S/C10H17NO3/c1-10(2,3)14-9(13)7-4-5-11-6-8(7)12/h7,11H,4-6H2,1-3H3.